The van der Waals surface area contributed by atoms with Crippen LogP contribution in [-0.4, -0.2) is 11.0 Å². The Morgan fingerprint density at radius 2 is 2.10 bits per heavy atom. The molecule has 0 saturated carbocycles. The van der Waals surface area contributed by atoms with Gasteiger partial charge in [0, 0.05) is 12.2 Å². The normalized spacial score (nSPS) is 13.3. The summed E-state index contributed by atoms with van der Waals surface area (Å²) in [6, 6.07) is 11.1. The zero-order chi connectivity index (χ0) is 14.5. The van der Waals surface area contributed by atoms with E-state index in [1.807, 2.05) is 6.07 Å². The highest BCUT2D eigenvalue weighted by Gasteiger charge is 2.21. The molecule has 2 aromatic rings. The fourth-order valence-corrected chi connectivity index (χ4v) is 1.83. The fraction of sp³-hybridized carbons (Fsp3) is 0.200. The molecular weight excluding hydrogens is 257 g/mol. The van der Waals surface area contributed by atoms with Crippen molar-refractivity contribution in [1.82, 2.24) is 4.98 Å². The molecule has 4 nitrogen and oxygen atoms in total. The zero-order valence-electron chi connectivity index (χ0n) is 11.0. The molecule has 2 rings (SSSR count). The lowest BCUT2D eigenvalue weighted by molar-refractivity contribution is 0.174. The molecule has 0 saturated heterocycles. The minimum absolute atomic E-state index is 0.130. The fourth-order valence-electron chi connectivity index (χ4n) is 1.83. The van der Waals surface area contributed by atoms with Gasteiger partial charge in [0.1, 0.15) is 23.2 Å². The summed E-state index contributed by atoms with van der Waals surface area (Å²) in [6.07, 6.45) is 1.08. The second-order valence-electron chi connectivity index (χ2n) is 4.38. The Hall–Kier alpha value is -2.45. The average Bonchev–Trinajstić information content (AvgIpc) is 2.45. The number of nitrogens with two attached hydrogens (primary N) is 1. The number of aromatic nitrogens is 1. The number of pyridine rings is 1. The number of ether oxygens (including phenoxy) is 1. The van der Waals surface area contributed by atoms with E-state index in [0.29, 0.717) is 5.69 Å². The van der Waals surface area contributed by atoms with Crippen molar-refractivity contribution in [2.75, 3.05) is 0 Å². The highest BCUT2D eigenvalue weighted by molar-refractivity contribution is 5.44. The first-order valence-electron chi connectivity index (χ1n) is 6.15. The van der Waals surface area contributed by atoms with Gasteiger partial charge < -0.3 is 10.5 Å². The third-order valence-electron chi connectivity index (χ3n) is 2.80. The molecule has 2 atom stereocenters. The second kappa shape index (κ2) is 6.13. The maximum atomic E-state index is 13.6. The highest BCUT2D eigenvalue weighted by Crippen LogP contribution is 2.27. The number of hydrogen-bond acceptors (Lipinski definition) is 4. The van der Waals surface area contributed by atoms with Crippen LogP contribution in [0.3, 0.4) is 0 Å². The van der Waals surface area contributed by atoms with Gasteiger partial charge in [0.25, 0.3) is 0 Å². The summed E-state index contributed by atoms with van der Waals surface area (Å²) in [5.74, 6) is -0.449. The Morgan fingerprint density at radius 1 is 1.30 bits per heavy atom. The van der Waals surface area contributed by atoms with Crippen LogP contribution in [0.4, 0.5) is 4.39 Å². The molecule has 5 heteroatoms. The van der Waals surface area contributed by atoms with Gasteiger partial charge in [-0.05, 0) is 31.2 Å². The minimum atomic E-state index is -0.616. The maximum absolute atomic E-state index is 13.6. The van der Waals surface area contributed by atoms with Gasteiger partial charge in [0.2, 0.25) is 0 Å². The van der Waals surface area contributed by atoms with Crippen molar-refractivity contribution >= 4 is 0 Å². The lowest BCUT2D eigenvalue weighted by Gasteiger charge is -2.22. The molecule has 102 valence electrons. The molecule has 0 aliphatic rings. The molecular formula is C15H14FN3O. The Kier molecular flexibility index (Phi) is 4.28. The molecule has 2 N–H and O–H groups in total. The molecule has 1 aromatic carbocycles. The smallest absolute Gasteiger partial charge is 0.155 e. The van der Waals surface area contributed by atoms with Crippen LogP contribution in [0.25, 0.3) is 0 Å². The van der Waals surface area contributed by atoms with E-state index in [4.69, 9.17) is 15.7 Å². The summed E-state index contributed by atoms with van der Waals surface area (Å²) >= 11 is 0. The highest BCUT2D eigenvalue weighted by atomic mass is 19.1. The Bertz CT molecular complexity index is 623. The van der Waals surface area contributed by atoms with Crippen LogP contribution in [0.15, 0.2) is 42.6 Å². The van der Waals surface area contributed by atoms with Gasteiger partial charge in [-0.1, -0.05) is 12.1 Å². The number of halogens is 1. The standard InChI is InChI=1S/C15H14FN3O/c1-10(18)15(13-6-2-3-8-19-13)20-14-7-4-5-12(16)11(14)9-17/h2-8,10,15H,18H2,1H3. The van der Waals surface area contributed by atoms with Gasteiger partial charge in [-0.3, -0.25) is 4.98 Å². The van der Waals surface area contributed by atoms with Crippen LogP contribution in [0.5, 0.6) is 5.75 Å². The number of nitriles is 1. The molecule has 2 unspecified atom stereocenters. The molecule has 0 aliphatic carbocycles. The first-order valence-corrected chi connectivity index (χ1v) is 6.15. The number of nitrogens with zero attached hydrogens (tertiary/aromatic N) is 2. The second-order valence-corrected chi connectivity index (χ2v) is 4.38. The van der Waals surface area contributed by atoms with Gasteiger partial charge >= 0.3 is 0 Å². The molecule has 0 fully saturated rings. The largest absolute Gasteiger partial charge is 0.481 e. The summed E-state index contributed by atoms with van der Waals surface area (Å²) in [5.41, 5.74) is 6.41. The quantitative estimate of drug-likeness (QED) is 0.927. The van der Waals surface area contributed by atoms with Crippen molar-refractivity contribution in [3.63, 3.8) is 0 Å². The van der Waals surface area contributed by atoms with Gasteiger partial charge in [-0.25, -0.2) is 4.39 Å². The first kappa shape index (κ1) is 14.0. The molecule has 0 aliphatic heterocycles. The number of hydrogen-bond donors (Lipinski definition) is 1. The van der Waals surface area contributed by atoms with Crippen LogP contribution < -0.4 is 10.5 Å². The van der Waals surface area contributed by atoms with Gasteiger partial charge in [-0.2, -0.15) is 5.26 Å². The van der Waals surface area contributed by atoms with Crippen LogP contribution >= 0.6 is 0 Å². The van der Waals surface area contributed by atoms with E-state index in [9.17, 15) is 4.39 Å². The topological polar surface area (TPSA) is 71.9 Å². The number of rotatable bonds is 4. The Morgan fingerprint density at radius 3 is 2.70 bits per heavy atom. The van der Waals surface area contributed by atoms with Gasteiger partial charge in [-0.15, -0.1) is 0 Å². The molecule has 1 heterocycles. The summed E-state index contributed by atoms with van der Waals surface area (Å²) in [5, 5.41) is 9.00. The monoisotopic (exact) mass is 271 g/mol. The van der Waals surface area contributed by atoms with E-state index in [1.54, 1.807) is 37.4 Å². The SMILES string of the molecule is CC(N)C(Oc1cccc(F)c1C#N)c1ccccn1. The lowest BCUT2D eigenvalue weighted by atomic mass is 10.1. The molecule has 0 bridgehead atoms. The summed E-state index contributed by atoms with van der Waals surface area (Å²) in [6.45, 7) is 1.77. The van der Waals surface area contributed by atoms with Gasteiger partial charge in [0.15, 0.2) is 6.10 Å². The Balaban J connectivity index is 2.36. The molecule has 1 aromatic heterocycles. The predicted molar refractivity (Wildman–Crippen MR) is 72.4 cm³/mol. The summed E-state index contributed by atoms with van der Waals surface area (Å²) in [7, 11) is 0. The third-order valence-corrected chi connectivity index (χ3v) is 2.80. The van der Waals surface area contributed by atoms with Crippen LogP contribution in [-0.2, 0) is 0 Å². The summed E-state index contributed by atoms with van der Waals surface area (Å²) < 4.78 is 19.3. The molecule has 0 radical (unpaired) electrons. The van der Waals surface area contributed by atoms with Gasteiger partial charge in [0.05, 0.1) is 5.69 Å². The van der Waals surface area contributed by atoms with E-state index in [2.05, 4.69) is 4.98 Å². The molecule has 20 heavy (non-hydrogen) atoms. The van der Waals surface area contributed by atoms with Crippen molar-refractivity contribution in [3.05, 3.63) is 59.7 Å². The van der Waals surface area contributed by atoms with Crippen LogP contribution in [0.2, 0.25) is 0 Å². The van der Waals surface area contributed by atoms with Crippen molar-refractivity contribution in [1.29, 1.82) is 5.26 Å². The average molecular weight is 271 g/mol. The lowest BCUT2D eigenvalue weighted by Crippen LogP contribution is -2.30. The van der Waals surface area contributed by atoms with Crippen molar-refractivity contribution in [3.8, 4) is 11.8 Å². The van der Waals surface area contributed by atoms with E-state index in [-0.39, 0.29) is 17.4 Å². The molecule has 0 spiro atoms. The minimum Gasteiger partial charge on any atom is -0.481 e. The van der Waals surface area contributed by atoms with E-state index >= 15 is 0 Å². The van der Waals surface area contributed by atoms with E-state index < -0.39 is 11.9 Å². The maximum Gasteiger partial charge on any atom is 0.155 e. The molecule has 0 amide bonds. The van der Waals surface area contributed by atoms with Crippen molar-refractivity contribution in [2.45, 2.75) is 19.1 Å². The predicted octanol–water partition coefficient (Wildman–Crippen LogP) is 2.56. The third kappa shape index (κ3) is 2.92. The number of benzene rings is 1. The van der Waals surface area contributed by atoms with Crippen molar-refractivity contribution < 1.29 is 9.13 Å². The van der Waals surface area contributed by atoms with E-state index in [1.165, 1.54) is 12.1 Å². The summed E-state index contributed by atoms with van der Waals surface area (Å²) in [4.78, 5) is 4.19. The van der Waals surface area contributed by atoms with Crippen LogP contribution in [0, 0.1) is 17.1 Å². The Labute approximate surface area is 116 Å². The van der Waals surface area contributed by atoms with Crippen molar-refractivity contribution in [2.24, 2.45) is 5.73 Å². The van der Waals surface area contributed by atoms with E-state index in [0.717, 1.165) is 0 Å². The van der Waals surface area contributed by atoms with Crippen LogP contribution in [0.1, 0.15) is 24.3 Å². The zero-order valence-corrected chi connectivity index (χ0v) is 11.0. The first-order chi connectivity index (χ1) is 9.63.